The molecule has 1 aliphatic carbocycles. The van der Waals surface area contributed by atoms with Gasteiger partial charge in [0.05, 0.1) is 25.4 Å². The summed E-state index contributed by atoms with van der Waals surface area (Å²) in [5.41, 5.74) is 1.42. The average molecular weight is 400 g/mol. The van der Waals surface area contributed by atoms with E-state index in [9.17, 15) is 4.79 Å². The van der Waals surface area contributed by atoms with Crippen molar-refractivity contribution >= 4 is 5.91 Å². The Kier molecular flexibility index (Phi) is 5.76. The molecule has 156 valence electrons. The summed E-state index contributed by atoms with van der Waals surface area (Å²) < 4.78 is 22.7. The van der Waals surface area contributed by atoms with Crippen LogP contribution in [0, 0.1) is 0 Å². The maximum Gasteiger partial charge on any atom is 0.292 e. The second kappa shape index (κ2) is 8.45. The molecule has 1 amide bonds. The van der Waals surface area contributed by atoms with Gasteiger partial charge in [-0.2, -0.15) is 0 Å². The van der Waals surface area contributed by atoms with Gasteiger partial charge in [0.2, 0.25) is 5.76 Å². The fraction of sp³-hybridized carbons (Fsp3) is 0.545. The van der Waals surface area contributed by atoms with Crippen LogP contribution < -0.4 is 9.47 Å². The van der Waals surface area contributed by atoms with Gasteiger partial charge in [-0.05, 0) is 57.7 Å². The Bertz CT molecular complexity index is 849. The van der Waals surface area contributed by atoms with Crippen LogP contribution in [0.1, 0.15) is 50.1 Å². The van der Waals surface area contributed by atoms with E-state index < -0.39 is 0 Å². The van der Waals surface area contributed by atoms with Gasteiger partial charge in [-0.25, -0.2) is 0 Å². The van der Waals surface area contributed by atoms with E-state index in [1.807, 2.05) is 32.0 Å². The summed E-state index contributed by atoms with van der Waals surface area (Å²) >= 11 is 0. The van der Waals surface area contributed by atoms with Gasteiger partial charge in [0.15, 0.2) is 11.5 Å². The number of aromatic nitrogens is 1. The highest BCUT2D eigenvalue weighted by Crippen LogP contribution is 2.35. The monoisotopic (exact) mass is 400 g/mol. The summed E-state index contributed by atoms with van der Waals surface area (Å²) in [7, 11) is 1.63. The van der Waals surface area contributed by atoms with Gasteiger partial charge < -0.3 is 23.6 Å². The molecule has 2 aliphatic rings. The Morgan fingerprint density at radius 1 is 1.10 bits per heavy atom. The number of hydrogen-bond acceptors (Lipinski definition) is 6. The summed E-state index contributed by atoms with van der Waals surface area (Å²) in [5, 5.41) is 4.12. The van der Waals surface area contributed by atoms with Crippen LogP contribution in [0.2, 0.25) is 0 Å². The number of amides is 1. The van der Waals surface area contributed by atoms with E-state index in [2.05, 4.69) is 5.16 Å². The number of morpholine rings is 1. The zero-order valence-electron chi connectivity index (χ0n) is 17.2. The maximum atomic E-state index is 12.8. The lowest BCUT2D eigenvalue weighted by atomic mass is 10.1. The molecule has 2 atom stereocenters. The topological polar surface area (TPSA) is 74.0 Å². The highest BCUT2D eigenvalue weighted by molar-refractivity contribution is 5.92. The molecule has 29 heavy (non-hydrogen) atoms. The van der Waals surface area contributed by atoms with Crippen LogP contribution in [0.4, 0.5) is 0 Å². The number of ether oxygens (including phenoxy) is 3. The van der Waals surface area contributed by atoms with Crippen LogP contribution in [-0.2, 0) is 4.74 Å². The molecule has 1 aliphatic heterocycles. The Morgan fingerprint density at radius 3 is 2.52 bits per heavy atom. The van der Waals surface area contributed by atoms with Crippen LogP contribution >= 0.6 is 0 Å². The maximum absolute atomic E-state index is 12.8. The normalized spacial score (nSPS) is 22.7. The van der Waals surface area contributed by atoms with Crippen LogP contribution in [0.25, 0.3) is 11.3 Å². The smallest absolute Gasteiger partial charge is 0.292 e. The summed E-state index contributed by atoms with van der Waals surface area (Å²) in [6.45, 7) is 5.01. The van der Waals surface area contributed by atoms with Crippen LogP contribution in [0.5, 0.6) is 11.5 Å². The summed E-state index contributed by atoms with van der Waals surface area (Å²) in [5.74, 6) is 1.46. The molecule has 0 spiro atoms. The minimum atomic E-state index is -0.165. The van der Waals surface area contributed by atoms with Crippen molar-refractivity contribution in [2.75, 3.05) is 20.2 Å². The Morgan fingerprint density at radius 2 is 1.83 bits per heavy atom. The minimum Gasteiger partial charge on any atom is -0.493 e. The van der Waals surface area contributed by atoms with Crippen molar-refractivity contribution < 1.29 is 23.5 Å². The first kappa shape index (κ1) is 19.8. The van der Waals surface area contributed by atoms with E-state index >= 15 is 0 Å². The van der Waals surface area contributed by atoms with Crippen LogP contribution in [-0.4, -0.2) is 54.5 Å². The standard InChI is InChI=1S/C22H28N2O5/c1-14-12-24(13-15(2)27-14)22(25)21-11-18(23-29-21)16-8-9-19(26-3)20(10-16)28-17-6-4-5-7-17/h8-11,14-15,17H,4-7,12-13H2,1-3H3. The van der Waals surface area contributed by atoms with E-state index in [-0.39, 0.29) is 30.0 Å². The number of carbonyl (C=O) groups is 1. The first-order valence-corrected chi connectivity index (χ1v) is 10.3. The molecule has 1 saturated carbocycles. The van der Waals surface area contributed by atoms with Crippen molar-refractivity contribution in [2.24, 2.45) is 0 Å². The predicted octanol–water partition coefficient (Wildman–Crippen LogP) is 3.92. The molecular weight excluding hydrogens is 372 g/mol. The van der Waals surface area contributed by atoms with Gasteiger partial charge in [-0.1, -0.05) is 5.16 Å². The molecule has 1 saturated heterocycles. The zero-order chi connectivity index (χ0) is 20.4. The highest BCUT2D eigenvalue weighted by Gasteiger charge is 2.29. The van der Waals surface area contributed by atoms with Crippen molar-refractivity contribution in [3.05, 3.63) is 30.0 Å². The number of hydrogen-bond donors (Lipinski definition) is 0. The molecule has 2 unspecified atom stereocenters. The summed E-state index contributed by atoms with van der Waals surface area (Å²) in [6.07, 6.45) is 4.74. The fourth-order valence-corrected chi connectivity index (χ4v) is 4.13. The summed E-state index contributed by atoms with van der Waals surface area (Å²) in [6, 6.07) is 7.35. The zero-order valence-corrected chi connectivity index (χ0v) is 17.2. The first-order chi connectivity index (χ1) is 14.0. The third kappa shape index (κ3) is 4.40. The number of methoxy groups -OCH3 is 1. The second-order valence-electron chi connectivity index (χ2n) is 7.93. The van der Waals surface area contributed by atoms with Crippen molar-refractivity contribution in [1.82, 2.24) is 10.1 Å². The SMILES string of the molecule is COc1ccc(-c2cc(C(=O)N3CC(C)OC(C)C3)on2)cc1OC1CCCC1. The Labute approximate surface area is 170 Å². The molecule has 0 N–H and O–H groups in total. The molecule has 2 fully saturated rings. The molecule has 1 aromatic carbocycles. The fourth-order valence-electron chi connectivity index (χ4n) is 4.13. The van der Waals surface area contributed by atoms with Gasteiger partial charge in [0.1, 0.15) is 5.69 Å². The highest BCUT2D eigenvalue weighted by atomic mass is 16.5. The van der Waals surface area contributed by atoms with E-state index in [1.165, 1.54) is 12.8 Å². The molecule has 7 heteroatoms. The number of benzene rings is 1. The van der Waals surface area contributed by atoms with Crippen molar-refractivity contribution in [1.29, 1.82) is 0 Å². The molecule has 4 rings (SSSR count). The largest absolute Gasteiger partial charge is 0.493 e. The van der Waals surface area contributed by atoms with Gasteiger partial charge in [-0.3, -0.25) is 4.79 Å². The quantitative estimate of drug-likeness (QED) is 0.757. The average Bonchev–Trinajstić information content (AvgIpc) is 3.39. The van der Waals surface area contributed by atoms with Crippen molar-refractivity contribution in [3.63, 3.8) is 0 Å². The lowest BCUT2D eigenvalue weighted by Crippen LogP contribution is -2.48. The van der Waals surface area contributed by atoms with Gasteiger partial charge in [-0.15, -0.1) is 0 Å². The lowest BCUT2D eigenvalue weighted by Gasteiger charge is -2.34. The molecule has 0 radical (unpaired) electrons. The Balaban J connectivity index is 1.53. The lowest BCUT2D eigenvalue weighted by molar-refractivity contribution is -0.0593. The number of nitrogens with zero attached hydrogens (tertiary/aromatic N) is 2. The number of rotatable bonds is 5. The second-order valence-corrected chi connectivity index (χ2v) is 7.93. The van der Waals surface area contributed by atoms with Gasteiger partial charge in [0.25, 0.3) is 5.91 Å². The van der Waals surface area contributed by atoms with Gasteiger partial charge in [0, 0.05) is 24.7 Å². The van der Waals surface area contributed by atoms with Crippen molar-refractivity contribution in [3.8, 4) is 22.8 Å². The minimum absolute atomic E-state index is 0.00183. The molecule has 2 heterocycles. The van der Waals surface area contributed by atoms with E-state index in [4.69, 9.17) is 18.7 Å². The molecule has 0 bridgehead atoms. The molecule has 1 aromatic heterocycles. The van der Waals surface area contributed by atoms with E-state index in [0.717, 1.165) is 18.4 Å². The molecule has 7 nitrogen and oxygen atoms in total. The van der Waals surface area contributed by atoms with Crippen LogP contribution in [0.3, 0.4) is 0 Å². The number of carbonyl (C=O) groups excluding carboxylic acids is 1. The van der Waals surface area contributed by atoms with Gasteiger partial charge >= 0.3 is 0 Å². The third-order valence-corrected chi connectivity index (χ3v) is 5.48. The predicted molar refractivity (Wildman–Crippen MR) is 107 cm³/mol. The molecular formula is C22H28N2O5. The first-order valence-electron chi connectivity index (χ1n) is 10.3. The summed E-state index contributed by atoms with van der Waals surface area (Å²) in [4.78, 5) is 14.6. The van der Waals surface area contributed by atoms with Crippen LogP contribution in [0.15, 0.2) is 28.8 Å². The molecule has 2 aromatic rings. The Hall–Kier alpha value is -2.54. The van der Waals surface area contributed by atoms with E-state index in [1.54, 1.807) is 18.1 Å². The third-order valence-electron chi connectivity index (χ3n) is 5.48. The van der Waals surface area contributed by atoms with E-state index in [0.29, 0.717) is 30.3 Å². The van der Waals surface area contributed by atoms with Crippen molar-refractivity contribution in [2.45, 2.75) is 57.8 Å².